The third-order valence-electron chi connectivity index (χ3n) is 2.89. The second kappa shape index (κ2) is 4.88. The lowest BCUT2D eigenvalue weighted by Crippen LogP contribution is -2.11. The number of hydrogen-bond acceptors (Lipinski definition) is 2. The molecule has 0 bridgehead atoms. The highest BCUT2D eigenvalue weighted by atomic mass is 32.2. The van der Waals surface area contributed by atoms with Gasteiger partial charge in [0.15, 0.2) is 0 Å². The van der Waals surface area contributed by atoms with E-state index in [4.69, 9.17) is 0 Å². The number of thioether (sulfide) groups is 1. The summed E-state index contributed by atoms with van der Waals surface area (Å²) in [5, 5.41) is 3.32. The second-order valence-electron chi connectivity index (χ2n) is 4.16. The highest BCUT2D eigenvalue weighted by molar-refractivity contribution is 8.03. The molecule has 1 atom stereocenters. The third kappa shape index (κ3) is 2.66. The maximum absolute atomic E-state index is 12.4. The zero-order valence-electron chi connectivity index (χ0n) is 10.1. The fraction of sp³-hybridized carbons (Fsp3) is 0.385. The van der Waals surface area contributed by atoms with Crippen LogP contribution in [0, 0.1) is 0 Å². The van der Waals surface area contributed by atoms with Crippen LogP contribution in [-0.2, 0) is 6.18 Å². The molecule has 2 rings (SSSR count). The SMILES string of the molecule is CCC1=C(C)NC(c2ccc(C(F)(F)F)cc2)S1. The van der Waals surface area contributed by atoms with Crippen molar-refractivity contribution >= 4 is 11.8 Å². The number of benzene rings is 1. The predicted molar refractivity (Wildman–Crippen MR) is 67.9 cm³/mol. The second-order valence-corrected chi connectivity index (χ2v) is 5.36. The van der Waals surface area contributed by atoms with Gasteiger partial charge in [-0.3, -0.25) is 0 Å². The Hall–Kier alpha value is -1.10. The number of nitrogens with one attached hydrogen (secondary N) is 1. The van der Waals surface area contributed by atoms with E-state index in [1.165, 1.54) is 4.91 Å². The van der Waals surface area contributed by atoms with Crippen LogP contribution in [0.25, 0.3) is 0 Å². The van der Waals surface area contributed by atoms with E-state index >= 15 is 0 Å². The van der Waals surface area contributed by atoms with Crippen LogP contribution < -0.4 is 5.32 Å². The van der Waals surface area contributed by atoms with Gasteiger partial charge in [-0.1, -0.05) is 30.8 Å². The van der Waals surface area contributed by atoms with Crippen molar-refractivity contribution in [3.05, 3.63) is 46.0 Å². The molecule has 0 spiro atoms. The van der Waals surface area contributed by atoms with Crippen LogP contribution in [0.1, 0.15) is 36.8 Å². The van der Waals surface area contributed by atoms with Crippen LogP contribution in [0.3, 0.4) is 0 Å². The first-order valence-electron chi connectivity index (χ1n) is 5.72. The van der Waals surface area contributed by atoms with E-state index in [0.717, 1.165) is 29.8 Å². The summed E-state index contributed by atoms with van der Waals surface area (Å²) in [5.74, 6) is 0. The van der Waals surface area contributed by atoms with Gasteiger partial charge in [0.2, 0.25) is 0 Å². The maximum atomic E-state index is 12.4. The van der Waals surface area contributed by atoms with E-state index in [2.05, 4.69) is 12.2 Å². The Bertz CT molecular complexity index is 462. The smallest absolute Gasteiger partial charge is 0.372 e. The van der Waals surface area contributed by atoms with E-state index in [9.17, 15) is 13.2 Å². The van der Waals surface area contributed by atoms with Gasteiger partial charge in [-0.25, -0.2) is 0 Å². The molecule has 1 aliphatic rings. The summed E-state index contributed by atoms with van der Waals surface area (Å²) in [5.41, 5.74) is 1.39. The van der Waals surface area contributed by atoms with Crippen molar-refractivity contribution in [3.8, 4) is 0 Å². The van der Waals surface area contributed by atoms with Crippen LogP contribution in [0.15, 0.2) is 34.9 Å². The third-order valence-corrected chi connectivity index (χ3v) is 4.39. The minimum Gasteiger partial charge on any atom is -0.372 e. The lowest BCUT2D eigenvalue weighted by Gasteiger charge is -2.13. The lowest BCUT2D eigenvalue weighted by molar-refractivity contribution is -0.137. The standard InChI is InChI=1S/C13H14F3NS/c1-3-11-8(2)17-12(18-11)9-4-6-10(7-5-9)13(14,15)16/h4-7,12,17H,3H2,1-2H3. The lowest BCUT2D eigenvalue weighted by atomic mass is 10.1. The molecule has 0 radical (unpaired) electrons. The average molecular weight is 273 g/mol. The quantitative estimate of drug-likeness (QED) is 0.839. The average Bonchev–Trinajstić information content (AvgIpc) is 2.69. The van der Waals surface area contributed by atoms with E-state index in [-0.39, 0.29) is 5.37 Å². The van der Waals surface area contributed by atoms with Crippen molar-refractivity contribution in [2.75, 3.05) is 0 Å². The summed E-state index contributed by atoms with van der Waals surface area (Å²) in [6, 6.07) is 5.35. The molecule has 1 unspecified atom stereocenters. The molecule has 0 saturated heterocycles. The van der Waals surface area contributed by atoms with Gasteiger partial charge in [-0.2, -0.15) is 13.2 Å². The van der Waals surface area contributed by atoms with E-state index < -0.39 is 11.7 Å². The Morgan fingerprint density at radius 2 is 1.83 bits per heavy atom. The Morgan fingerprint density at radius 3 is 2.28 bits per heavy atom. The Morgan fingerprint density at radius 1 is 1.22 bits per heavy atom. The summed E-state index contributed by atoms with van der Waals surface area (Å²) in [4.78, 5) is 1.26. The van der Waals surface area contributed by atoms with Gasteiger partial charge < -0.3 is 5.32 Å². The molecular formula is C13H14F3NS. The molecule has 1 N–H and O–H groups in total. The molecular weight excluding hydrogens is 259 g/mol. The molecule has 0 amide bonds. The number of rotatable bonds is 2. The zero-order chi connectivity index (χ0) is 13.3. The fourth-order valence-electron chi connectivity index (χ4n) is 1.88. The molecule has 0 fully saturated rings. The molecule has 0 saturated carbocycles. The summed E-state index contributed by atoms with van der Waals surface area (Å²) in [7, 11) is 0. The minimum absolute atomic E-state index is 0.0298. The first-order chi connectivity index (χ1) is 8.41. The van der Waals surface area contributed by atoms with Gasteiger partial charge in [-0.15, -0.1) is 0 Å². The molecule has 5 heteroatoms. The maximum Gasteiger partial charge on any atom is 0.416 e. The highest BCUT2D eigenvalue weighted by Gasteiger charge is 2.30. The zero-order valence-corrected chi connectivity index (χ0v) is 11.0. The van der Waals surface area contributed by atoms with Crippen molar-refractivity contribution in [1.29, 1.82) is 0 Å². The van der Waals surface area contributed by atoms with Gasteiger partial charge in [0.25, 0.3) is 0 Å². The Kier molecular flexibility index (Phi) is 3.61. The predicted octanol–water partition coefficient (Wildman–Crippen LogP) is 4.68. The number of hydrogen-bond donors (Lipinski definition) is 1. The van der Waals surface area contributed by atoms with Gasteiger partial charge in [0.05, 0.1) is 5.56 Å². The topological polar surface area (TPSA) is 12.0 Å². The molecule has 1 aromatic carbocycles. The van der Waals surface area contributed by atoms with E-state index in [0.29, 0.717) is 0 Å². The summed E-state index contributed by atoms with van der Waals surface area (Å²) < 4.78 is 37.3. The van der Waals surface area contributed by atoms with Crippen molar-refractivity contribution in [3.63, 3.8) is 0 Å². The molecule has 1 nitrogen and oxygen atoms in total. The van der Waals surface area contributed by atoms with Crippen molar-refractivity contribution in [2.24, 2.45) is 0 Å². The molecule has 0 aliphatic carbocycles. The molecule has 1 heterocycles. The Balaban J connectivity index is 2.13. The van der Waals surface area contributed by atoms with Crippen molar-refractivity contribution in [2.45, 2.75) is 31.8 Å². The largest absolute Gasteiger partial charge is 0.416 e. The number of alkyl halides is 3. The van der Waals surface area contributed by atoms with Crippen LogP contribution in [0.4, 0.5) is 13.2 Å². The van der Waals surface area contributed by atoms with Crippen molar-refractivity contribution in [1.82, 2.24) is 5.32 Å². The van der Waals surface area contributed by atoms with Crippen LogP contribution in [-0.4, -0.2) is 0 Å². The van der Waals surface area contributed by atoms with Gasteiger partial charge in [-0.05, 0) is 31.0 Å². The van der Waals surface area contributed by atoms with Gasteiger partial charge in [0.1, 0.15) is 5.37 Å². The Labute approximate surface area is 108 Å². The van der Waals surface area contributed by atoms with Gasteiger partial charge in [0, 0.05) is 10.6 Å². The van der Waals surface area contributed by atoms with E-state index in [1.807, 2.05) is 6.92 Å². The number of allylic oxidation sites excluding steroid dienone is 2. The summed E-state index contributed by atoms with van der Waals surface area (Å²) in [6.45, 7) is 4.07. The molecule has 1 aromatic rings. The first kappa shape index (κ1) is 13.3. The van der Waals surface area contributed by atoms with Gasteiger partial charge >= 0.3 is 6.18 Å². The highest BCUT2D eigenvalue weighted by Crippen LogP contribution is 2.42. The van der Waals surface area contributed by atoms with Crippen LogP contribution >= 0.6 is 11.8 Å². The van der Waals surface area contributed by atoms with E-state index in [1.54, 1.807) is 23.9 Å². The molecule has 0 aromatic heterocycles. The summed E-state index contributed by atoms with van der Waals surface area (Å²) >= 11 is 1.67. The normalized spacial score (nSPS) is 20.2. The fourth-order valence-corrected chi connectivity index (χ4v) is 3.10. The van der Waals surface area contributed by atoms with Crippen LogP contribution in [0.5, 0.6) is 0 Å². The first-order valence-corrected chi connectivity index (χ1v) is 6.60. The van der Waals surface area contributed by atoms with Crippen molar-refractivity contribution < 1.29 is 13.2 Å². The molecule has 1 aliphatic heterocycles. The molecule has 18 heavy (non-hydrogen) atoms. The molecule has 98 valence electrons. The minimum atomic E-state index is -4.27. The summed E-state index contributed by atoms with van der Waals surface area (Å²) in [6.07, 6.45) is -3.32. The monoisotopic (exact) mass is 273 g/mol. The number of halogens is 3. The van der Waals surface area contributed by atoms with Crippen LogP contribution in [0.2, 0.25) is 0 Å².